The average Bonchev–Trinajstić information content (AvgIpc) is 2.96. The molecule has 1 aromatic heterocycles. The summed E-state index contributed by atoms with van der Waals surface area (Å²) in [7, 11) is 0. The summed E-state index contributed by atoms with van der Waals surface area (Å²) < 4.78 is 24.0. The summed E-state index contributed by atoms with van der Waals surface area (Å²) in [6.45, 7) is 2.17. The van der Waals surface area contributed by atoms with Gasteiger partial charge < -0.3 is 9.26 Å². The molecule has 21 heavy (non-hydrogen) atoms. The predicted octanol–water partition coefficient (Wildman–Crippen LogP) is 4.37. The van der Waals surface area contributed by atoms with Crippen LogP contribution in [0.3, 0.4) is 0 Å². The minimum absolute atomic E-state index is 0.139. The molecule has 3 nitrogen and oxygen atoms in total. The van der Waals surface area contributed by atoms with Gasteiger partial charge in [0.05, 0.1) is 0 Å². The van der Waals surface area contributed by atoms with Gasteiger partial charge in [-0.05, 0) is 19.1 Å². The quantitative estimate of drug-likeness (QED) is 0.713. The molecule has 3 rings (SSSR count). The number of halogens is 1. The van der Waals surface area contributed by atoms with Crippen LogP contribution in [0.25, 0.3) is 11.3 Å². The predicted molar refractivity (Wildman–Crippen MR) is 77.4 cm³/mol. The standard InChI is InChI=1S/C17H14FNO2/c1-12-6-8-13(9-7-12)16-10-14(21-19-16)11-20-17-5-3-2-4-15(17)18/h2-10H,11H2,1H3. The van der Waals surface area contributed by atoms with Gasteiger partial charge in [0.25, 0.3) is 0 Å². The Bertz CT molecular complexity index is 735. The third-order valence-corrected chi connectivity index (χ3v) is 3.11. The highest BCUT2D eigenvalue weighted by atomic mass is 19.1. The molecule has 0 saturated carbocycles. The maximum atomic E-state index is 13.4. The first-order chi connectivity index (χ1) is 10.2. The third-order valence-electron chi connectivity index (χ3n) is 3.11. The molecule has 0 bridgehead atoms. The number of aryl methyl sites for hydroxylation is 1. The number of para-hydroxylation sites is 1. The SMILES string of the molecule is Cc1ccc(-c2cc(COc3ccccc3F)on2)cc1. The summed E-state index contributed by atoms with van der Waals surface area (Å²) in [6, 6.07) is 16.1. The van der Waals surface area contributed by atoms with Crippen molar-refractivity contribution in [3.8, 4) is 17.0 Å². The van der Waals surface area contributed by atoms with Crippen LogP contribution >= 0.6 is 0 Å². The number of aromatic nitrogens is 1. The van der Waals surface area contributed by atoms with Crippen molar-refractivity contribution in [1.82, 2.24) is 5.16 Å². The van der Waals surface area contributed by atoms with Crippen molar-refractivity contribution < 1.29 is 13.7 Å². The summed E-state index contributed by atoms with van der Waals surface area (Å²) in [6.07, 6.45) is 0. The highest BCUT2D eigenvalue weighted by Gasteiger charge is 2.08. The molecule has 106 valence electrons. The van der Waals surface area contributed by atoms with E-state index in [1.807, 2.05) is 31.2 Å². The normalized spacial score (nSPS) is 10.6. The summed E-state index contributed by atoms with van der Waals surface area (Å²) in [4.78, 5) is 0. The highest BCUT2D eigenvalue weighted by Crippen LogP contribution is 2.21. The van der Waals surface area contributed by atoms with Gasteiger partial charge in [0.2, 0.25) is 0 Å². The molecule has 2 aromatic carbocycles. The fourth-order valence-corrected chi connectivity index (χ4v) is 1.95. The van der Waals surface area contributed by atoms with Gasteiger partial charge in [0.1, 0.15) is 12.3 Å². The molecule has 0 amide bonds. The summed E-state index contributed by atoms with van der Waals surface area (Å²) >= 11 is 0. The van der Waals surface area contributed by atoms with Gasteiger partial charge in [-0.3, -0.25) is 0 Å². The number of rotatable bonds is 4. The van der Waals surface area contributed by atoms with Crippen LogP contribution in [0.15, 0.2) is 59.1 Å². The molecule has 0 aliphatic rings. The van der Waals surface area contributed by atoms with E-state index in [0.29, 0.717) is 5.76 Å². The highest BCUT2D eigenvalue weighted by molar-refractivity contribution is 5.59. The molecule has 3 aromatic rings. The Labute approximate surface area is 122 Å². The van der Waals surface area contributed by atoms with Crippen LogP contribution < -0.4 is 4.74 Å². The molecule has 0 unspecified atom stereocenters. The molecular formula is C17H14FNO2. The zero-order valence-corrected chi connectivity index (χ0v) is 11.5. The second-order valence-corrected chi connectivity index (χ2v) is 4.76. The fourth-order valence-electron chi connectivity index (χ4n) is 1.95. The van der Waals surface area contributed by atoms with Gasteiger partial charge in [-0.1, -0.05) is 47.1 Å². The smallest absolute Gasteiger partial charge is 0.174 e. The van der Waals surface area contributed by atoms with Crippen LogP contribution in [0, 0.1) is 12.7 Å². The minimum Gasteiger partial charge on any atom is -0.482 e. The Morgan fingerprint density at radius 3 is 2.62 bits per heavy atom. The van der Waals surface area contributed by atoms with E-state index in [9.17, 15) is 4.39 Å². The van der Waals surface area contributed by atoms with Crippen LogP contribution in [-0.2, 0) is 6.61 Å². The van der Waals surface area contributed by atoms with Crippen molar-refractivity contribution in [3.63, 3.8) is 0 Å². The first kappa shape index (κ1) is 13.4. The Morgan fingerprint density at radius 1 is 1.10 bits per heavy atom. The minimum atomic E-state index is -0.393. The summed E-state index contributed by atoms with van der Waals surface area (Å²) in [5, 5.41) is 4.00. The first-order valence-corrected chi connectivity index (χ1v) is 6.62. The molecule has 0 aliphatic carbocycles. The van der Waals surface area contributed by atoms with Crippen molar-refractivity contribution in [2.75, 3.05) is 0 Å². The molecule has 4 heteroatoms. The zero-order valence-electron chi connectivity index (χ0n) is 11.5. The van der Waals surface area contributed by atoms with Gasteiger partial charge in [0, 0.05) is 11.6 Å². The van der Waals surface area contributed by atoms with Crippen molar-refractivity contribution in [2.45, 2.75) is 13.5 Å². The third kappa shape index (κ3) is 3.11. The Hall–Kier alpha value is -2.62. The maximum Gasteiger partial charge on any atom is 0.174 e. The Morgan fingerprint density at radius 2 is 1.86 bits per heavy atom. The van der Waals surface area contributed by atoms with Crippen molar-refractivity contribution in [1.29, 1.82) is 0 Å². The average molecular weight is 283 g/mol. The van der Waals surface area contributed by atoms with Crippen molar-refractivity contribution in [2.24, 2.45) is 0 Å². The van der Waals surface area contributed by atoms with Crippen LogP contribution in [0.2, 0.25) is 0 Å². The molecule has 0 saturated heterocycles. The van der Waals surface area contributed by atoms with E-state index in [1.54, 1.807) is 24.3 Å². The molecule has 1 heterocycles. The van der Waals surface area contributed by atoms with E-state index in [2.05, 4.69) is 5.16 Å². The van der Waals surface area contributed by atoms with Crippen LogP contribution in [0.5, 0.6) is 5.75 Å². The fraction of sp³-hybridized carbons (Fsp3) is 0.118. The lowest BCUT2D eigenvalue weighted by Gasteiger charge is -2.03. The molecule has 0 radical (unpaired) electrons. The second kappa shape index (κ2) is 5.79. The van der Waals surface area contributed by atoms with Gasteiger partial charge in [0.15, 0.2) is 17.3 Å². The second-order valence-electron chi connectivity index (χ2n) is 4.76. The van der Waals surface area contributed by atoms with E-state index < -0.39 is 5.82 Å². The molecule has 0 spiro atoms. The van der Waals surface area contributed by atoms with E-state index in [-0.39, 0.29) is 12.4 Å². The van der Waals surface area contributed by atoms with Gasteiger partial charge >= 0.3 is 0 Å². The number of hydrogen-bond acceptors (Lipinski definition) is 3. The van der Waals surface area contributed by atoms with Crippen molar-refractivity contribution in [3.05, 3.63) is 71.7 Å². The van der Waals surface area contributed by atoms with E-state index in [4.69, 9.17) is 9.26 Å². The van der Waals surface area contributed by atoms with Gasteiger partial charge in [-0.15, -0.1) is 0 Å². The number of benzene rings is 2. The molecule has 0 atom stereocenters. The maximum absolute atomic E-state index is 13.4. The zero-order chi connectivity index (χ0) is 14.7. The molecule has 0 N–H and O–H groups in total. The van der Waals surface area contributed by atoms with Gasteiger partial charge in [-0.2, -0.15) is 0 Å². The lowest BCUT2D eigenvalue weighted by atomic mass is 10.1. The van der Waals surface area contributed by atoms with Crippen LogP contribution in [0.1, 0.15) is 11.3 Å². The number of nitrogens with zero attached hydrogens (tertiary/aromatic N) is 1. The summed E-state index contributed by atoms with van der Waals surface area (Å²) in [5.41, 5.74) is 2.90. The number of ether oxygens (including phenoxy) is 1. The molecule has 0 fully saturated rings. The van der Waals surface area contributed by atoms with E-state index >= 15 is 0 Å². The molecular weight excluding hydrogens is 269 g/mol. The van der Waals surface area contributed by atoms with Crippen molar-refractivity contribution >= 4 is 0 Å². The Kier molecular flexibility index (Phi) is 3.69. The van der Waals surface area contributed by atoms with Crippen LogP contribution in [-0.4, -0.2) is 5.16 Å². The Balaban J connectivity index is 1.71. The number of hydrogen-bond donors (Lipinski definition) is 0. The monoisotopic (exact) mass is 283 g/mol. The van der Waals surface area contributed by atoms with Gasteiger partial charge in [-0.25, -0.2) is 4.39 Å². The van der Waals surface area contributed by atoms with E-state index in [1.165, 1.54) is 11.6 Å². The largest absolute Gasteiger partial charge is 0.482 e. The lowest BCUT2D eigenvalue weighted by molar-refractivity contribution is 0.240. The topological polar surface area (TPSA) is 35.3 Å². The lowest BCUT2D eigenvalue weighted by Crippen LogP contribution is -1.95. The first-order valence-electron chi connectivity index (χ1n) is 6.62. The summed E-state index contributed by atoms with van der Waals surface area (Å²) in [5.74, 6) is 0.357. The van der Waals surface area contributed by atoms with Crippen LogP contribution in [0.4, 0.5) is 4.39 Å². The molecule has 0 aliphatic heterocycles. The van der Waals surface area contributed by atoms with E-state index in [0.717, 1.165) is 11.3 Å².